The maximum absolute atomic E-state index is 8.04. The summed E-state index contributed by atoms with van der Waals surface area (Å²) in [5, 5.41) is 8.94. The summed E-state index contributed by atoms with van der Waals surface area (Å²) in [6.07, 6.45) is 0.861. The molecular weight excluding hydrogens is 167 g/mol. The molecule has 0 aromatic heterocycles. The van der Waals surface area contributed by atoms with E-state index >= 15 is 0 Å². The van der Waals surface area contributed by atoms with Crippen molar-refractivity contribution in [2.45, 2.75) is 6.42 Å². The van der Waals surface area contributed by atoms with Crippen LogP contribution in [0.3, 0.4) is 0 Å². The Labute approximate surface area is 52.3 Å². The lowest BCUT2D eigenvalue weighted by molar-refractivity contribution is 0.296. The normalized spacial score (nSPS) is 7.00. The molecule has 0 aromatic carbocycles. The first-order valence-electron chi connectivity index (χ1n) is 1.58. The van der Waals surface area contributed by atoms with Crippen LogP contribution in [-0.2, 0) is 0 Å². The summed E-state index contributed by atoms with van der Waals surface area (Å²) in [5.41, 5.74) is 0. The van der Waals surface area contributed by atoms with Crippen LogP contribution < -0.4 is 0 Å². The Morgan fingerprint density at radius 3 is 2.00 bits per heavy atom. The van der Waals surface area contributed by atoms with Gasteiger partial charge in [0, 0.05) is 11.9 Å². The minimum Gasteiger partial charge on any atom is -0.396 e. The molecule has 6 heavy (non-hydrogen) atoms. The van der Waals surface area contributed by atoms with Crippen LogP contribution in [0, 0.1) is 0 Å². The maximum Gasteiger partial charge on any atom is 0.0438 e. The fourth-order valence-corrected chi connectivity index (χ4v) is 0.311. The largest absolute Gasteiger partial charge is 0.396 e. The molecule has 0 unspecified atom stereocenters. The molecule has 0 saturated carbocycles. The summed E-state index contributed by atoms with van der Waals surface area (Å²) in [4.78, 5) is 0. The predicted octanol–water partition coefficient (Wildman–Crippen LogP) is 1.19. The van der Waals surface area contributed by atoms with Crippen LogP contribution in [0.5, 0.6) is 0 Å². The van der Waals surface area contributed by atoms with Crippen molar-refractivity contribution in [2.75, 3.05) is 11.9 Å². The number of rotatable bonds is 2. The van der Waals surface area contributed by atoms with E-state index in [9.17, 15) is 0 Å². The Balaban J connectivity index is 0. The zero-order valence-corrected chi connectivity index (χ0v) is 5.76. The van der Waals surface area contributed by atoms with Crippen molar-refractivity contribution in [3.05, 3.63) is 0 Å². The van der Waals surface area contributed by atoms with Gasteiger partial charge < -0.3 is 5.11 Å². The van der Waals surface area contributed by atoms with Crippen molar-refractivity contribution in [1.82, 2.24) is 0 Å². The van der Waals surface area contributed by atoms with E-state index in [4.69, 9.17) is 5.11 Å². The summed E-state index contributed by atoms with van der Waals surface area (Å²) in [6, 6.07) is 0. The Kier molecular flexibility index (Phi) is 15.2. The third kappa shape index (κ3) is 8.83. The molecular formula is C3H8BrClO. The van der Waals surface area contributed by atoms with Gasteiger partial charge in [0.2, 0.25) is 0 Å². The van der Waals surface area contributed by atoms with Gasteiger partial charge in [0.25, 0.3) is 0 Å². The van der Waals surface area contributed by atoms with Crippen molar-refractivity contribution in [3.63, 3.8) is 0 Å². The molecule has 0 aromatic rings. The van der Waals surface area contributed by atoms with E-state index in [0.29, 0.717) is 6.61 Å². The quantitative estimate of drug-likeness (QED) is 0.625. The van der Waals surface area contributed by atoms with Gasteiger partial charge in [-0.05, 0) is 6.42 Å². The molecule has 40 valence electrons. The number of hydrogen-bond acceptors (Lipinski definition) is 1. The second kappa shape index (κ2) is 9.21. The van der Waals surface area contributed by atoms with Gasteiger partial charge in [-0.25, -0.2) is 0 Å². The molecule has 0 bridgehead atoms. The lowest BCUT2D eigenvalue weighted by Gasteiger charge is -1.78. The summed E-state index contributed by atoms with van der Waals surface area (Å²) in [6.45, 7) is 0.297. The molecule has 0 radical (unpaired) electrons. The number of aliphatic hydroxyl groups is 1. The van der Waals surface area contributed by atoms with Crippen LogP contribution in [0.2, 0.25) is 0 Å². The van der Waals surface area contributed by atoms with Crippen molar-refractivity contribution in [1.29, 1.82) is 0 Å². The van der Waals surface area contributed by atoms with Gasteiger partial charge in [-0.2, -0.15) is 0 Å². The fraction of sp³-hybridized carbons (Fsp3) is 1.00. The minimum atomic E-state index is 0. The molecule has 0 atom stereocenters. The predicted molar refractivity (Wildman–Crippen MR) is 32.7 cm³/mol. The van der Waals surface area contributed by atoms with Crippen molar-refractivity contribution < 1.29 is 5.11 Å². The molecule has 3 heteroatoms. The van der Waals surface area contributed by atoms with Crippen LogP contribution >= 0.6 is 28.3 Å². The number of halogens is 2. The van der Waals surface area contributed by atoms with E-state index < -0.39 is 0 Å². The Morgan fingerprint density at radius 1 is 1.50 bits per heavy atom. The van der Waals surface area contributed by atoms with Gasteiger partial charge in [0.05, 0.1) is 0 Å². The van der Waals surface area contributed by atoms with E-state index in [-0.39, 0.29) is 12.4 Å². The van der Waals surface area contributed by atoms with E-state index in [1.165, 1.54) is 0 Å². The number of aliphatic hydroxyl groups excluding tert-OH is 1. The zero-order valence-electron chi connectivity index (χ0n) is 3.35. The van der Waals surface area contributed by atoms with Crippen LogP contribution in [0.25, 0.3) is 0 Å². The van der Waals surface area contributed by atoms with Crippen molar-refractivity contribution in [3.8, 4) is 0 Å². The first kappa shape index (κ1) is 9.88. The van der Waals surface area contributed by atoms with Crippen LogP contribution in [-0.4, -0.2) is 17.0 Å². The van der Waals surface area contributed by atoms with E-state index in [1.807, 2.05) is 0 Å². The Hall–Kier alpha value is 0.730. The molecule has 0 amide bonds. The number of hydrogen-bond donors (Lipinski definition) is 1. The summed E-state index contributed by atoms with van der Waals surface area (Å²) in [7, 11) is 0. The second-order valence-corrected chi connectivity index (χ2v) is 1.56. The average Bonchev–Trinajstić information content (AvgIpc) is 1.41. The monoisotopic (exact) mass is 174 g/mol. The third-order valence-corrected chi connectivity index (χ3v) is 0.852. The van der Waals surface area contributed by atoms with Crippen LogP contribution in [0.1, 0.15) is 6.42 Å². The SMILES string of the molecule is Cl.OCCCBr. The highest BCUT2D eigenvalue weighted by Gasteiger charge is 1.70. The molecule has 0 aliphatic carbocycles. The summed E-state index contributed by atoms with van der Waals surface area (Å²) >= 11 is 3.15. The first-order chi connectivity index (χ1) is 2.41. The maximum atomic E-state index is 8.04. The summed E-state index contributed by atoms with van der Waals surface area (Å²) in [5.74, 6) is 0. The van der Waals surface area contributed by atoms with Gasteiger partial charge in [-0.1, -0.05) is 15.9 Å². The molecule has 0 heterocycles. The molecule has 1 nitrogen and oxygen atoms in total. The van der Waals surface area contributed by atoms with Gasteiger partial charge in [0.1, 0.15) is 0 Å². The zero-order chi connectivity index (χ0) is 4.12. The Morgan fingerprint density at radius 2 is 2.00 bits per heavy atom. The lowest BCUT2D eigenvalue weighted by atomic mass is 10.5. The van der Waals surface area contributed by atoms with E-state index in [0.717, 1.165) is 11.8 Å². The highest BCUT2D eigenvalue weighted by molar-refractivity contribution is 9.09. The third-order valence-electron chi connectivity index (χ3n) is 0.292. The van der Waals surface area contributed by atoms with Crippen LogP contribution in [0.15, 0.2) is 0 Å². The molecule has 0 rings (SSSR count). The highest BCUT2D eigenvalue weighted by atomic mass is 79.9. The molecule has 0 aliphatic heterocycles. The number of alkyl halides is 1. The minimum absolute atomic E-state index is 0. The standard InChI is InChI=1S/C3H7BrO.ClH/c4-2-1-3-5;/h5H,1-3H2;1H. The van der Waals surface area contributed by atoms with E-state index in [1.54, 1.807) is 0 Å². The molecule has 0 spiro atoms. The van der Waals surface area contributed by atoms with Crippen molar-refractivity contribution in [2.24, 2.45) is 0 Å². The van der Waals surface area contributed by atoms with Gasteiger partial charge in [-0.15, -0.1) is 12.4 Å². The summed E-state index contributed by atoms with van der Waals surface area (Å²) < 4.78 is 0. The molecule has 0 saturated heterocycles. The average molecular weight is 175 g/mol. The fourth-order valence-electron chi connectivity index (χ4n) is 0.0598. The van der Waals surface area contributed by atoms with Gasteiger partial charge in [-0.3, -0.25) is 0 Å². The molecule has 0 aliphatic rings. The lowest BCUT2D eigenvalue weighted by Crippen LogP contribution is -1.78. The topological polar surface area (TPSA) is 20.2 Å². The molecule has 1 N–H and O–H groups in total. The van der Waals surface area contributed by atoms with E-state index in [2.05, 4.69) is 15.9 Å². The highest BCUT2D eigenvalue weighted by Crippen LogP contribution is 1.81. The Bertz CT molecular complexity index is 18.3. The van der Waals surface area contributed by atoms with Crippen LogP contribution in [0.4, 0.5) is 0 Å². The molecule has 0 fully saturated rings. The van der Waals surface area contributed by atoms with Gasteiger partial charge in [0.15, 0.2) is 0 Å². The second-order valence-electron chi connectivity index (χ2n) is 0.766. The van der Waals surface area contributed by atoms with Gasteiger partial charge >= 0.3 is 0 Å². The smallest absolute Gasteiger partial charge is 0.0438 e. The van der Waals surface area contributed by atoms with Crippen molar-refractivity contribution >= 4 is 28.3 Å². The first-order valence-corrected chi connectivity index (χ1v) is 2.70.